The van der Waals surface area contributed by atoms with Gasteiger partial charge in [-0.05, 0) is 53.9 Å². The van der Waals surface area contributed by atoms with Crippen LogP contribution >= 0.6 is 0 Å². The molecule has 1 aliphatic rings. The van der Waals surface area contributed by atoms with Crippen LogP contribution in [0.25, 0.3) is 5.76 Å². The van der Waals surface area contributed by atoms with Crippen molar-refractivity contribution < 1.29 is 24.2 Å². The Labute approximate surface area is 191 Å². The van der Waals surface area contributed by atoms with Crippen molar-refractivity contribution in [2.45, 2.75) is 19.5 Å². The quantitative estimate of drug-likeness (QED) is 0.351. The number of aliphatic hydroxyl groups excluding tert-OH is 1. The van der Waals surface area contributed by atoms with Gasteiger partial charge in [-0.25, -0.2) is 0 Å². The molecule has 3 aromatic rings. The molecule has 0 aliphatic carbocycles. The molecule has 1 aromatic heterocycles. The van der Waals surface area contributed by atoms with E-state index in [1.165, 1.54) is 19.1 Å². The smallest absolute Gasteiger partial charge is 0.295 e. The molecular weight excluding hydrogens is 420 g/mol. The molecule has 0 saturated carbocycles. The van der Waals surface area contributed by atoms with Crippen molar-refractivity contribution in [2.24, 2.45) is 0 Å². The monoisotopic (exact) mass is 444 g/mol. The third-order valence-corrected chi connectivity index (χ3v) is 5.78. The van der Waals surface area contributed by atoms with Crippen molar-refractivity contribution in [3.63, 3.8) is 0 Å². The van der Waals surface area contributed by atoms with E-state index >= 15 is 0 Å². The van der Waals surface area contributed by atoms with E-state index in [0.29, 0.717) is 17.1 Å². The van der Waals surface area contributed by atoms with Crippen LogP contribution in [0, 0.1) is 6.92 Å². The lowest BCUT2D eigenvalue weighted by Gasteiger charge is -2.26. The summed E-state index contributed by atoms with van der Waals surface area (Å²) in [7, 11) is 3.00. The number of nitrogens with zero attached hydrogens (tertiary/aromatic N) is 2. The Morgan fingerprint density at radius 1 is 1.00 bits per heavy atom. The number of carbonyl (C=O) groups is 2. The molecule has 0 radical (unpaired) electrons. The second kappa shape index (κ2) is 9.16. The molecular formula is C26H24N2O5. The van der Waals surface area contributed by atoms with E-state index < -0.39 is 17.7 Å². The first-order valence-electron chi connectivity index (χ1n) is 10.4. The summed E-state index contributed by atoms with van der Waals surface area (Å²) in [6.07, 6.45) is 3.27. The molecule has 1 fully saturated rings. The number of hydrogen-bond acceptors (Lipinski definition) is 6. The molecule has 1 amide bonds. The Bertz CT molecular complexity index is 1240. The number of hydrogen-bond donors (Lipinski definition) is 1. The zero-order chi connectivity index (χ0) is 23.5. The van der Waals surface area contributed by atoms with Crippen LogP contribution in [-0.4, -0.2) is 40.9 Å². The number of likely N-dealkylation sites (tertiary alicyclic amines) is 1. The lowest BCUT2D eigenvalue weighted by Crippen LogP contribution is -2.29. The summed E-state index contributed by atoms with van der Waals surface area (Å²) in [5, 5.41) is 11.3. The highest BCUT2D eigenvalue weighted by molar-refractivity contribution is 6.46. The Kier molecular flexibility index (Phi) is 6.13. The van der Waals surface area contributed by atoms with Crippen LogP contribution < -0.4 is 9.47 Å². The molecule has 1 N–H and O–H groups in total. The lowest BCUT2D eigenvalue weighted by atomic mass is 9.92. The van der Waals surface area contributed by atoms with Gasteiger partial charge >= 0.3 is 0 Å². The van der Waals surface area contributed by atoms with E-state index in [9.17, 15) is 14.7 Å². The Hall–Kier alpha value is -4.13. The van der Waals surface area contributed by atoms with Gasteiger partial charge in [-0.3, -0.25) is 14.6 Å². The minimum atomic E-state index is -0.743. The van der Waals surface area contributed by atoms with E-state index in [4.69, 9.17) is 9.47 Å². The molecule has 4 rings (SSSR count). The van der Waals surface area contributed by atoms with Crippen molar-refractivity contribution in [1.82, 2.24) is 9.88 Å². The number of rotatable bonds is 6. The van der Waals surface area contributed by atoms with E-state index in [1.807, 2.05) is 31.2 Å². The third kappa shape index (κ3) is 4.05. The Balaban J connectivity index is 1.89. The van der Waals surface area contributed by atoms with Crippen molar-refractivity contribution in [3.8, 4) is 11.5 Å². The van der Waals surface area contributed by atoms with Gasteiger partial charge < -0.3 is 19.5 Å². The summed E-state index contributed by atoms with van der Waals surface area (Å²) in [6.45, 7) is 2.12. The summed E-state index contributed by atoms with van der Waals surface area (Å²) in [5.74, 6) is -0.769. The predicted octanol–water partition coefficient (Wildman–Crippen LogP) is 4.03. The van der Waals surface area contributed by atoms with Crippen LogP contribution in [-0.2, 0) is 16.1 Å². The number of benzene rings is 2. The summed E-state index contributed by atoms with van der Waals surface area (Å²) in [6, 6.07) is 15.2. The minimum Gasteiger partial charge on any atom is -0.507 e. The number of ether oxygens (including phenoxy) is 2. The van der Waals surface area contributed by atoms with Crippen LogP contribution in [0.2, 0.25) is 0 Å². The van der Waals surface area contributed by atoms with Crippen molar-refractivity contribution >= 4 is 17.4 Å². The zero-order valence-electron chi connectivity index (χ0n) is 18.6. The summed E-state index contributed by atoms with van der Waals surface area (Å²) < 4.78 is 10.6. The molecule has 1 unspecified atom stereocenters. The molecule has 1 saturated heterocycles. The van der Waals surface area contributed by atoms with Gasteiger partial charge in [0, 0.05) is 24.5 Å². The number of aryl methyl sites for hydroxylation is 1. The summed E-state index contributed by atoms with van der Waals surface area (Å²) >= 11 is 0. The fourth-order valence-corrected chi connectivity index (χ4v) is 4.08. The largest absolute Gasteiger partial charge is 0.507 e. The molecule has 0 spiro atoms. The number of Topliss-reactive ketones (excluding diaryl/α,β-unsaturated/α-hetero) is 1. The molecule has 1 aliphatic heterocycles. The second-order valence-corrected chi connectivity index (χ2v) is 7.71. The minimum absolute atomic E-state index is 0.0376. The molecule has 0 bridgehead atoms. The van der Waals surface area contributed by atoms with Crippen LogP contribution in [0.4, 0.5) is 0 Å². The topological polar surface area (TPSA) is 89.0 Å². The van der Waals surface area contributed by atoms with Crippen LogP contribution in [0.1, 0.15) is 28.3 Å². The van der Waals surface area contributed by atoms with Gasteiger partial charge in [0.2, 0.25) is 0 Å². The van der Waals surface area contributed by atoms with Crippen molar-refractivity contribution in [3.05, 3.63) is 94.8 Å². The average molecular weight is 444 g/mol. The highest BCUT2D eigenvalue weighted by Crippen LogP contribution is 2.42. The number of aliphatic hydroxyl groups is 1. The first kappa shape index (κ1) is 22.1. The standard InChI is InChI=1S/C26H24N2O5/c1-16-6-4-5-7-19(16)23-22(24(29)18-8-9-20(32-2)21(14-18)33-3)25(30)26(31)28(23)15-17-10-12-27-13-11-17/h4-14,23,29H,15H2,1-3H3/b24-22+. The maximum atomic E-state index is 13.2. The zero-order valence-corrected chi connectivity index (χ0v) is 18.6. The summed E-state index contributed by atoms with van der Waals surface area (Å²) in [4.78, 5) is 31.9. The molecule has 33 heavy (non-hydrogen) atoms. The molecule has 168 valence electrons. The van der Waals surface area contributed by atoms with E-state index in [0.717, 1.165) is 16.7 Å². The maximum Gasteiger partial charge on any atom is 0.295 e. The van der Waals surface area contributed by atoms with Crippen molar-refractivity contribution in [1.29, 1.82) is 0 Å². The molecule has 2 aromatic carbocycles. The van der Waals surface area contributed by atoms with Gasteiger partial charge in [-0.2, -0.15) is 0 Å². The fraction of sp³-hybridized carbons (Fsp3) is 0.192. The van der Waals surface area contributed by atoms with E-state index in [1.54, 1.807) is 42.7 Å². The van der Waals surface area contributed by atoms with Crippen LogP contribution in [0.3, 0.4) is 0 Å². The van der Waals surface area contributed by atoms with Gasteiger partial charge in [0.05, 0.1) is 25.8 Å². The highest BCUT2D eigenvalue weighted by Gasteiger charge is 2.46. The lowest BCUT2D eigenvalue weighted by molar-refractivity contribution is -0.140. The highest BCUT2D eigenvalue weighted by atomic mass is 16.5. The van der Waals surface area contributed by atoms with Gasteiger partial charge in [0.1, 0.15) is 5.76 Å². The number of aromatic nitrogens is 1. The van der Waals surface area contributed by atoms with E-state index in [-0.39, 0.29) is 17.9 Å². The number of methoxy groups -OCH3 is 2. The number of ketones is 1. The Morgan fingerprint density at radius 3 is 2.36 bits per heavy atom. The molecule has 7 heteroatoms. The van der Waals surface area contributed by atoms with Crippen LogP contribution in [0.15, 0.2) is 72.6 Å². The average Bonchev–Trinajstić information content (AvgIpc) is 3.08. The number of amides is 1. The van der Waals surface area contributed by atoms with Crippen LogP contribution in [0.5, 0.6) is 11.5 Å². The van der Waals surface area contributed by atoms with Crippen molar-refractivity contribution in [2.75, 3.05) is 14.2 Å². The second-order valence-electron chi connectivity index (χ2n) is 7.71. The van der Waals surface area contributed by atoms with E-state index in [2.05, 4.69) is 4.98 Å². The third-order valence-electron chi connectivity index (χ3n) is 5.78. The molecule has 7 nitrogen and oxygen atoms in total. The van der Waals surface area contributed by atoms with Gasteiger partial charge in [0.25, 0.3) is 11.7 Å². The fourth-order valence-electron chi connectivity index (χ4n) is 4.08. The molecule has 1 atom stereocenters. The predicted molar refractivity (Wildman–Crippen MR) is 123 cm³/mol. The normalized spacial score (nSPS) is 17.3. The first-order chi connectivity index (χ1) is 16.0. The Morgan fingerprint density at radius 2 is 1.70 bits per heavy atom. The maximum absolute atomic E-state index is 13.2. The number of carbonyl (C=O) groups excluding carboxylic acids is 2. The summed E-state index contributed by atoms with van der Waals surface area (Å²) in [5.41, 5.74) is 2.90. The number of pyridine rings is 1. The first-order valence-corrected chi connectivity index (χ1v) is 10.4. The van der Waals surface area contributed by atoms with Gasteiger partial charge in [-0.1, -0.05) is 24.3 Å². The van der Waals surface area contributed by atoms with Gasteiger partial charge in [-0.15, -0.1) is 0 Å². The molecule has 2 heterocycles. The van der Waals surface area contributed by atoms with Gasteiger partial charge in [0.15, 0.2) is 11.5 Å². The SMILES string of the molecule is COc1ccc(/C(O)=C2\C(=O)C(=O)N(Cc3ccncc3)C2c2ccccc2C)cc1OC.